The second-order valence-corrected chi connectivity index (χ2v) is 6.37. The Kier molecular flexibility index (Phi) is 4.70. The van der Waals surface area contributed by atoms with E-state index >= 15 is 0 Å². The molecule has 2 saturated carbocycles. The first-order valence-electron chi connectivity index (χ1n) is 7.83. The lowest BCUT2D eigenvalue weighted by Crippen LogP contribution is -2.52. The van der Waals surface area contributed by atoms with E-state index in [1.165, 1.54) is 12.8 Å². The van der Waals surface area contributed by atoms with Crippen molar-refractivity contribution in [3.8, 4) is 0 Å². The van der Waals surface area contributed by atoms with Crippen LogP contribution in [0.5, 0.6) is 0 Å². The number of rotatable bonds is 8. The molecule has 2 fully saturated rings. The number of nitrogens with one attached hydrogen (secondary N) is 1. The van der Waals surface area contributed by atoms with Gasteiger partial charge in [-0.05, 0) is 31.6 Å². The molecular formula is C15H20F2N4O2. The van der Waals surface area contributed by atoms with Gasteiger partial charge in [0.1, 0.15) is 0 Å². The normalized spacial score (nSPS) is 23.8. The van der Waals surface area contributed by atoms with Gasteiger partial charge in [-0.25, -0.2) is 18.7 Å². The molecule has 0 aliphatic heterocycles. The van der Waals surface area contributed by atoms with E-state index in [0.29, 0.717) is 11.9 Å². The highest BCUT2D eigenvalue weighted by Crippen LogP contribution is 2.34. The highest BCUT2D eigenvalue weighted by Gasteiger charge is 2.37. The molecule has 0 saturated heterocycles. The van der Waals surface area contributed by atoms with E-state index in [0.717, 1.165) is 31.8 Å². The molecule has 0 radical (unpaired) electrons. The van der Waals surface area contributed by atoms with Crippen LogP contribution in [0.3, 0.4) is 0 Å². The Hall–Kier alpha value is -1.83. The van der Waals surface area contributed by atoms with Crippen LogP contribution in [-0.4, -0.2) is 51.1 Å². The van der Waals surface area contributed by atoms with Gasteiger partial charge in [0, 0.05) is 31.0 Å². The van der Waals surface area contributed by atoms with Gasteiger partial charge >= 0.3 is 5.97 Å². The molecule has 8 heteroatoms. The molecule has 3 rings (SSSR count). The number of aliphatic carboxylic acids is 1. The Bertz CT molecular complexity index is 545. The van der Waals surface area contributed by atoms with E-state index in [9.17, 15) is 13.6 Å². The van der Waals surface area contributed by atoms with Crippen LogP contribution in [0, 0.1) is 5.92 Å². The Morgan fingerprint density at radius 1 is 1.35 bits per heavy atom. The van der Waals surface area contributed by atoms with Crippen molar-refractivity contribution in [2.24, 2.45) is 5.92 Å². The SMILES string of the molecule is O=C(O)CN(CC1CC1)C1CC(Nc2ncc(C(F)F)cn2)C1. The zero-order valence-corrected chi connectivity index (χ0v) is 12.7. The maximum absolute atomic E-state index is 12.4. The first kappa shape index (κ1) is 16.0. The highest BCUT2D eigenvalue weighted by molar-refractivity contribution is 5.69. The van der Waals surface area contributed by atoms with Crippen LogP contribution in [0.25, 0.3) is 0 Å². The molecular weight excluding hydrogens is 306 g/mol. The van der Waals surface area contributed by atoms with Gasteiger partial charge < -0.3 is 10.4 Å². The lowest BCUT2D eigenvalue weighted by atomic mass is 9.85. The largest absolute Gasteiger partial charge is 0.480 e. The molecule has 2 aliphatic rings. The van der Waals surface area contributed by atoms with Gasteiger partial charge in [-0.15, -0.1) is 0 Å². The predicted molar refractivity (Wildman–Crippen MR) is 79.4 cm³/mol. The lowest BCUT2D eigenvalue weighted by Gasteiger charge is -2.42. The summed E-state index contributed by atoms with van der Waals surface area (Å²) in [6.45, 7) is 0.927. The van der Waals surface area contributed by atoms with Crippen LogP contribution in [0.2, 0.25) is 0 Å². The van der Waals surface area contributed by atoms with Gasteiger partial charge in [0.25, 0.3) is 6.43 Å². The zero-order chi connectivity index (χ0) is 16.4. The number of aromatic nitrogens is 2. The summed E-state index contributed by atoms with van der Waals surface area (Å²) >= 11 is 0. The number of carboxylic acid groups (broad SMARTS) is 1. The summed E-state index contributed by atoms with van der Waals surface area (Å²) in [5, 5.41) is 12.1. The van der Waals surface area contributed by atoms with Crippen LogP contribution < -0.4 is 5.32 Å². The molecule has 0 amide bonds. The second-order valence-electron chi connectivity index (χ2n) is 6.37. The molecule has 6 nitrogen and oxygen atoms in total. The maximum Gasteiger partial charge on any atom is 0.317 e. The Morgan fingerprint density at radius 2 is 2.00 bits per heavy atom. The molecule has 126 valence electrons. The van der Waals surface area contributed by atoms with E-state index in [4.69, 9.17) is 5.11 Å². The minimum atomic E-state index is -2.57. The fraction of sp³-hybridized carbons (Fsp3) is 0.667. The zero-order valence-electron chi connectivity index (χ0n) is 12.7. The van der Waals surface area contributed by atoms with Gasteiger partial charge in [0.05, 0.1) is 12.1 Å². The number of carbonyl (C=O) groups is 1. The fourth-order valence-corrected chi connectivity index (χ4v) is 2.86. The standard InChI is InChI=1S/C15H20F2N4O2/c16-14(17)10-5-18-15(19-6-10)20-11-3-12(4-11)21(8-13(22)23)7-9-1-2-9/h5-6,9,11-12,14H,1-4,7-8H2,(H,22,23)(H,18,19,20). The van der Waals surface area contributed by atoms with Crippen LogP contribution >= 0.6 is 0 Å². The van der Waals surface area contributed by atoms with Gasteiger partial charge in [0.2, 0.25) is 5.95 Å². The van der Waals surface area contributed by atoms with Crippen LogP contribution in [0.4, 0.5) is 14.7 Å². The summed E-state index contributed by atoms with van der Waals surface area (Å²) in [7, 11) is 0. The van der Waals surface area contributed by atoms with Crippen molar-refractivity contribution in [1.82, 2.24) is 14.9 Å². The van der Waals surface area contributed by atoms with Gasteiger partial charge in [0.15, 0.2) is 0 Å². The van der Waals surface area contributed by atoms with Crippen molar-refractivity contribution in [2.75, 3.05) is 18.4 Å². The molecule has 0 aromatic carbocycles. The minimum Gasteiger partial charge on any atom is -0.480 e. The van der Waals surface area contributed by atoms with Gasteiger partial charge in [-0.1, -0.05) is 0 Å². The van der Waals surface area contributed by atoms with Crippen molar-refractivity contribution < 1.29 is 18.7 Å². The van der Waals surface area contributed by atoms with E-state index in [1.807, 2.05) is 4.90 Å². The van der Waals surface area contributed by atoms with Crippen molar-refractivity contribution in [2.45, 2.75) is 44.2 Å². The number of carboxylic acids is 1. The molecule has 2 aliphatic carbocycles. The topological polar surface area (TPSA) is 78.4 Å². The number of halogens is 2. The third-order valence-corrected chi connectivity index (χ3v) is 4.41. The van der Waals surface area contributed by atoms with Gasteiger partial charge in [-0.3, -0.25) is 9.69 Å². The molecule has 1 heterocycles. The number of alkyl halides is 2. The predicted octanol–water partition coefficient (Wildman–Crippen LogP) is 2.15. The third kappa shape index (κ3) is 4.34. The average molecular weight is 326 g/mol. The summed E-state index contributed by atoms with van der Waals surface area (Å²) in [5.41, 5.74) is -0.195. The van der Waals surface area contributed by atoms with Crippen LogP contribution in [0.15, 0.2) is 12.4 Å². The number of hydrogen-bond donors (Lipinski definition) is 2. The lowest BCUT2D eigenvalue weighted by molar-refractivity contribution is -0.139. The first-order valence-corrected chi connectivity index (χ1v) is 7.83. The van der Waals surface area contributed by atoms with Gasteiger partial charge in [-0.2, -0.15) is 0 Å². The van der Waals surface area contributed by atoms with Crippen molar-refractivity contribution in [3.63, 3.8) is 0 Å². The van der Waals surface area contributed by atoms with Crippen molar-refractivity contribution >= 4 is 11.9 Å². The van der Waals surface area contributed by atoms with Crippen molar-refractivity contribution in [3.05, 3.63) is 18.0 Å². The Morgan fingerprint density at radius 3 is 2.52 bits per heavy atom. The molecule has 0 bridgehead atoms. The monoisotopic (exact) mass is 326 g/mol. The number of hydrogen-bond acceptors (Lipinski definition) is 5. The molecule has 1 aromatic rings. The van der Waals surface area contributed by atoms with E-state index in [2.05, 4.69) is 15.3 Å². The van der Waals surface area contributed by atoms with Crippen molar-refractivity contribution in [1.29, 1.82) is 0 Å². The van der Waals surface area contributed by atoms with Crippen LogP contribution in [-0.2, 0) is 4.79 Å². The molecule has 0 spiro atoms. The smallest absolute Gasteiger partial charge is 0.317 e. The van der Waals surface area contributed by atoms with E-state index in [1.54, 1.807) is 0 Å². The van der Waals surface area contributed by atoms with E-state index in [-0.39, 0.29) is 24.2 Å². The minimum absolute atomic E-state index is 0.0769. The third-order valence-electron chi connectivity index (χ3n) is 4.41. The summed E-state index contributed by atoms with van der Waals surface area (Å²) in [4.78, 5) is 20.8. The summed E-state index contributed by atoms with van der Waals surface area (Å²) in [6, 6.07) is 0.414. The second kappa shape index (κ2) is 6.74. The Labute approximate surface area is 132 Å². The summed E-state index contributed by atoms with van der Waals surface area (Å²) in [6.07, 6.45) is 3.70. The maximum atomic E-state index is 12.4. The number of nitrogens with zero attached hydrogens (tertiary/aromatic N) is 3. The molecule has 0 unspecified atom stereocenters. The molecule has 23 heavy (non-hydrogen) atoms. The first-order chi connectivity index (χ1) is 11.0. The van der Waals surface area contributed by atoms with E-state index < -0.39 is 12.4 Å². The average Bonchev–Trinajstić information content (AvgIpc) is 3.25. The summed E-state index contributed by atoms with van der Waals surface area (Å²) in [5.74, 6) is 0.185. The molecule has 0 atom stereocenters. The highest BCUT2D eigenvalue weighted by atomic mass is 19.3. The Balaban J connectivity index is 1.48. The fourth-order valence-electron chi connectivity index (χ4n) is 2.86. The summed E-state index contributed by atoms with van der Waals surface area (Å²) < 4.78 is 24.9. The molecule has 1 aromatic heterocycles. The molecule has 2 N–H and O–H groups in total. The number of anilines is 1. The van der Waals surface area contributed by atoms with Crippen LogP contribution in [0.1, 0.15) is 37.7 Å². The quantitative estimate of drug-likeness (QED) is 0.762.